The average Bonchev–Trinajstić information content (AvgIpc) is 3.20. The summed E-state index contributed by atoms with van der Waals surface area (Å²) in [5.41, 5.74) is 0.0969. The Labute approximate surface area is 111 Å². The first-order valence-corrected chi connectivity index (χ1v) is 6.62. The van der Waals surface area contributed by atoms with Gasteiger partial charge in [-0.15, -0.1) is 0 Å². The summed E-state index contributed by atoms with van der Waals surface area (Å²) in [5.74, 6) is -0.974. The maximum absolute atomic E-state index is 12.0. The highest BCUT2D eigenvalue weighted by atomic mass is 79.9. The van der Waals surface area contributed by atoms with Crippen LogP contribution < -0.4 is 5.32 Å². The minimum Gasteiger partial charge on any atom is -0.480 e. The van der Waals surface area contributed by atoms with Crippen molar-refractivity contribution in [1.82, 2.24) is 15.5 Å². The van der Waals surface area contributed by atoms with Gasteiger partial charge >= 0.3 is 5.97 Å². The molecule has 0 aromatic carbocycles. The first-order chi connectivity index (χ1) is 8.53. The molecule has 1 aromatic heterocycles. The van der Waals surface area contributed by atoms with E-state index in [-0.39, 0.29) is 5.69 Å². The fourth-order valence-corrected chi connectivity index (χ4v) is 2.61. The van der Waals surface area contributed by atoms with Gasteiger partial charge in [-0.3, -0.25) is 9.89 Å². The zero-order valence-electron chi connectivity index (χ0n) is 9.49. The number of rotatable bonds is 4. The molecule has 2 saturated carbocycles. The monoisotopic (exact) mass is 313 g/mol. The standard InChI is InChI=1S/C11H12BrN3O3/c12-6-7(5-1-2-5)14-15-8(6)9(16)13-11(3-4-11)10(17)18/h5H,1-4H2,(H,13,16)(H,14,15)(H,17,18). The molecule has 0 saturated heterocycles. The van der Waals surface area contributed by atoms with Gasteiger partial charge in [0.2, 0.25) is 0 Å². The average molecular weight is 314 g/mol. The van der Waals surface area contributed by atoms with E-state index < -0.39 is 17.4 Å². The van der Waals surface area contributed by atoms with E-state index in [9.17, 15) is 9.59 Å². The highest BCUT2D eigenvalue weighted by Gasteiger charge is 2.52. The Bertz CT molecular complexity index is 532. The van der Waals surface area contributed by atoms with Gasteiger partial charge in [0.15, 0.2) is 5.69 Å². The lowest BCUT2D eigenvalue weighted by atomic mass is 10.2. The van der Waals surface area contributed by atoms with Crippen LogP contribution in [-0.4, -0.2) is 32.7 Å². The van der Waals surface area contributed by atoms with Crippen molar-refractivity contribution in [3.63, 3.8) is 0 Å². The number of carbonyl (C=O) groups excluding carboxylic acids is 1. The zero-order valence-corrected chi connectivity index (χ0v) is 11.1. The molecule has 1 aromatic rings. The van der Waals surface area contributed by atoms with Crippen LogP contribution in [0.1, 0.15) is 47.8 Å². The van der Waals surface area contributed by atoms with Crippen molar-refractivity contribution >= 4 is 27.8 Å². The maximum Gasteiger partial charge on any atom is 0.329 e. The molecule has 6 nitrogen and oxygen atoms in total. The molecule has 3 N–H and O–H groups in total. The maximum atomic E-state index is 12.0. The number of H-pyrrole nitrogens is 1. The SMILES string of the molecule is O=C(NC1(C(=O)O)CC1)c1n[nH]c(C2CC2)c1Br. The van der Waals surface area contributed by atoms with Crippen LogP contribution in [0.4, 0.5) is 0 Å². The van der Waals surface area contributed by atoms with Gasteiger partial charge in [0.05, 0.1) is 10.2 Å². The quantitative estimate of drug-likeness (QED) is 0.783. The number of carbonyl (C=O) groups is 2. The lowest BCUT2D eigenvalue weighted by Gasteiger charge is -2.10. The van der Waals surface area contributed by atoms with Crippen molar-refractivity contribution < 1.29 is 14.7 Å². The molecule has 0 spiro atoms. The lowest BCUT2D eigenvalue weighted by Crippen LogP contribution is -2.43. The smallest absolute Gasteiger partial charge is 0.329 e. The van der Waals surface area contributed by atoms with Crippen LogP contribution in [0.5, 0.6) is 0 Å². The van der Waals surface area contributed by atoms with Crippen LogP contribution in [0.2, 0.25) is 0 Å². The third-order valence-corrected chi connectivity index (χ3v) is 4.25. The fraction of sp³-hybridized carbons (Fsp3) is 0.545. The van der Waals surface area contributed by atoms with E-state index in [0.29, 0.717) is 23.2 Å². The van der Waals surface area contributed by atoms with Crippen LogP contribution in [0.25, 0.3) is 0 Å². The molecular formula is C11H12BrN3O3. The molecule has 2 fully saturated rings. The minimum atomic E-state index is -1.07. The predicted octanol–water partition coefficient (Wildman–Crippen LogP) is 1.40. The number of aliphatic carboxylic acids is 1. The molecule has 3 rings (SSSR count). The Morgan fingerprint density at radius 2 is 2.11 bits per heavy atom. The largest absolute Gasteiger partial charge is 0.480 e. The Balaban J connectivity index is 1.78. The number of nitrogens with zero attached hydrogens (tertiary/aromatic N) is 1. The Kier molecular flexibility index (Phi) is 2.48. The summed E-state index contributed by atoms with van der Waals surface area (Å²) in [6, 6.07) is 0. The van der Waals surface area contributed by atoms with Gasteiger partial charge in [-0.25, -0.2) is 4.79 Å². The molecule has 2 aliphatic carbocycles. The number of carboxylic acids is 1. The molecule has 0 unspecified atom stereocenters. The second-order valence-corrected chi connectivity index (χ2v) is 5.71. The van der Waals surface area contributed by atoms with Crippen molar-refractivity contribution in [2.24, 2.45) is 0 Å². The van der Waals surface area contributed by atoms with Gasteiger partial charge in [0.1, 0.15) is 5.54 Å². The summed E-state index contributed by atoms with van der Waals surface area (Å²) >= 11 is 3.36. The minimum absolute atomic E-state index is 0.240. The van der Waals surface area contributed by atoms with Crippen LogP contribution in [-0.2, 0) is 4.79 Å². The highest BCUT2D eigenvalue weighted by Crippen LogP contribution is 2.43. The normalized spacial score (nSPS) is 20.5. The number of aromatic amines is 1. The number of amides is 1. The predicted molar refractivity (Wildman–Crippen MR) is 65.3 cm³/mol. The first-order valence-electron chi connectivity index (χ1n) is 5.83. The number of carboxylic acid groups (broad SMARTS) is 1. The van der Waals surface area contributed by atoms with Crippen LogP contribution in [0.15, 0.2) is 4.47 Å². The highest BCUT2D eigenvalue weighted by molar-refractivity contribution is 9.10. The first kappa shape index (κ1) is 11.7. The van der Waals surface area contributed by atoms with Crippen LogP contribution in [0, 0.1) is 0 Å². The van der Waals surface area contributed by atoms with Crippen LogP contribution >= 0.6 is 15.9 Å². The van der Waals surface area contributed by atoms with E-state index in [2.05, 4.69) is 31.4 Å². The van der Waals surface area contributed by atoms with E-state index in [1.165, 1.54) is 0 Å². The summed E-state index contributed by atoms with van der Waals surface area (Å²) in [6.45, 7) is 0. The molecule has 96 valence electrons. The summed E-state index contributed by atoms with van der Waals surface area (Å²) < 4.78 is 0.656. The van der Waals surface area contributed by atoms with E-state index in [4.69, 9.17) is 5.11 Å². The summed E-state index contributed by atoms with van der Waals surface area (Å²) in [5, 5.41) is 18.4. The number of hydrogen-bond acceptors (Lipinski definition) is 3. The number of aromatic nitrogens is 2. The van der Waals surface area contributed by atoms with Crippen molar-refractivity contribution in [1.29, 1.82) is 0 Å². The number of halogens is 1. The number of nitrogens with one attached hydrogen (secondary N) is 2. The second-order valence-electron chi connectivity index (χ2n) is 4.92. The zero-order chi connectivity index (χ0) is 12.9. The molecule has 0 atom stereocenters. The van der Waals surface area contributed by atoms with Gasteiger partial charge in [-0.1, -0.05) is 0 Å². The van der Waals surface area contributed by atoms with Gasteiger partial charge in [0, 0.05) is 5.92 Å². The molecular weight excluding hydrogens is 302 g/mol. The number of hydrogen-bond donors (Lipinski definition) is 3. The van der Waals surface area contributed by atoms with Crippen molar-refractivity contribution in [2.45, 2.75) is 37.1 Å². The van der Waals surface area contributed by atoms with Crippen molar-refractivity contribution in [3.05, 3.63) is 15.9 Å². The fourth-order valence-electron chi connectivity index (χ4n) is 1.93. The Hall–Kier alpha value is -1.37. The van der Waals surface area contributed by atoms with Gasteiger partial charge in [-0.2, -0.15) is 5.10 Å². The van der Waals surface area contributed by atoms with Gasteiger partial charge < -0.3 is 10.4 Å². The van der Waals surface area contributed by atoms with E-state index in [1.54, 1.807) is 0 Å². The molecule has 18 heavy (non-hydrogen) atoms. The molecule has 7 heteroatoms. The van der Waals surface area contributed by atoms with E-state index >= 15 is 0 Å². The van der Waals surface area contributed by atoms with E-state index in [0.717, 1.165) is 18.5 Å². The molecule has 2 aliphatic rings. The van der Waals surface area contributed by atoms with Crippen molar-refractivity contribution in [2.75, 3.05) is 0 Å². The molecule has 1 amide bonds. The molecule has 1 heterocycles. The third kappa shape index (κ3) is 1.82. The van der Waals surface area contributed by atoms with Crippen LogP contribution in [0.3, 0.4) is 0 Å². The Morgan fingerprint density at radius 1 is 1.44 bits per heavy atom. The lowest BCUT2D eigenvalue weighted by molar-refractivity contribution is -0.140. The van der Waals surface area contributed by atoms with Gasteiger partial charge in [-0.05, 0) is 41.6 Å². The van der Waals surface area contributed by atoms with E-state index in [1.807, 2.05) is 0 Å². The molecule has 0 aliphatic heterocycles. The Morgan fingerprint density at radius 3 is 2.61 bits per heavy atom. The summed E-state index contributed by atoms with van der Waals surface area (Å²) in [7, 11) is 0. The topological polar surface area (TPSA) is 95.1 Å². The van der Waals surface area contributed by atoms with Gasteiger partial charge in [0.25, 0.3) is 5.91 Å². The molecule has 0 bridgehead atoms. The van der Waals surface area contributed by atoms with Crippen molar-refractivity contribution in [3.8, 4) is 0 Å². The molecule has 0 radical (unpaired) electrons. The third-order valence-electron chi connectivity index (χ3n) is 3.45. The summed E-state index contributed by atoms with van der Waals surface area (Å²) in [6.07, 6.45) is 3.15. The second kappa shape index (κ2) is 3.81. The summed E-state index contributed by atoms with van der Waals surface area (Å²) in [4.78, 5) is 23.0.